The maximum atomic E-state index is 12.6. The van der Waals surface area contributed by atoms with Gasteiger partial charge in [-0.05, 0) is 54.4 Å². The molecule has 0 bridgehead atoms. The zero-order valence-electron chi connectivity index (χ0n) is 14.8. The van der Waals surface area contributed by atoms with Gasteiger partial charge < -0.3 is 9.73 Å². The third kappa shape index (κ3) is 4.77. The molecule has 7 heteroatoms. The monoisotopic (exact) mass is 384 g/mol. The Morgan fingerprint density at radius 3 is 2.48 bits per heavy atom. The van der Waals surface area contributed by atoms with Crippen LogP contribution in [-0.4, -0.2) is 14.3 Å². The molecule has 27 heavy (non-hydrogen) atoms. The first-order chi connectivity index (χ1) is 13.0. The second-order valence-electron chi connectivity index (χ2n) is 5.95. The molecule has 0 aliphatic carbocycles. The summed E-state index contributed by atoms with van der Waals surface area (Å²) >= 11 is 0. The molecule has 6 nitrogen and oxygen atoms in total. The zero-order chi connectivity index (χ0) is 19.3. The molecule has 0 saturated carbocycles. The molecule has 1 aromatic heterocycles. The predicted octanol–water partition coefficient (Wildman–Crippen LogP) is 3.57. The molecule has 0 aliphatic rings. The molecule has 3 rings (SSSR count). The lowest BCUT2D eigenvalue weighted by Crippen LogP contribution is -2.23. The van der Waals surface area contributed by atoms with Crippen LogP contribution < -0.4 is 10.0 Å². The Bertz CT molecular complexity index is 1010. The molecule has 0 fully saturated rings. The fraction of sp³-hybridized carbons (Fsp3) is 0.150. The van der Waals surface area contributed by atoms with Crippen molar-refractivity contribution < 1.29 is 17.6 Å². The topological polar surface area (TPSA) is 88.4 Å². The molecule has 0 unspecified atom stereocenters. The van der Waals surface area contributed by atoms with Crippen molar-refractivity contribution in [1.82, 2.24) is 5.32 Å². The van der Waals surface area contributed by atoms with Crippen LogP contribution in [0.2, 0.25) is 0 Å². The van der Waals surface area contributed by atoms with E-state index in [1.54, 1.807) is 30.3 Å². The van der Waals surface area contributed by atoms with Gasteiger partial charge in [0.2, 0.25) is 0 Å². The fourth-order valence-corrected chi connectivity index (χ4v) is 3.61. The van der Waals surface area contributed by atoms with Gasteiger partial charge in [-0.1, -0.05) is 25.1 Å². The van der Waals surface area contributed by atoms with E-state index in [-0.39, 0.29) is 22.9 Å². The summed E-state index contributed by atoms with van der Waals surface area (Å²) in [4.78, 5) is 12.3. The predicted molar refractivity (Wildman–Crippen MR) is 103 cm³/mol. The Morgan fingerprint density at radius 1 is 1.04 bits per heavy atom. The van der Waals surface area contributed by atoms with Gasteiger partial charge in [-0.2, -0.15) is 0 Å². The van der Waals surface area contributed by atoms with Gasteiger partial charge in [0.05, 0.1) is 17.7 Å². The minimum atomic E-state index is -3.80. The van der Waals surface area contributed by atoms with Crippen LogP contribution in [0.15, 0.2) is 76.2 Å². The maximum Gasteiger partial charge on any atom is 0.261 e. The summed E-state index contributed by atoms with van der Waals surface area (Å²) in [5, 5.41) is 2.69. The van der Waals surface area contributed by atoms with Crippen LogP contribution in [0.5, 0.6) is 0 Å². The molecule has 3 aromatic rings. The highest BCUT2D eigenvalue weighted by atomic mass is 32.2. The molecule has 1 heterocycles. The Kier molecular flexibility index (Phi) is 5.61. The number of rotatable bonds is 7. The number of furan rings is 1. The number of nitrogens with one attached hydrogen (secondary N) is 2. The van der Waals surface area contributed by atoms with E-state index in [9.17, 15) is 13.2 Å². The zero-order valence-corrected chi connectivity index (χ0v) is 15.6. The molecule has 0 radical (unpaired) electrons. The Labute approximate surface area is 158 Å². The van der Waals surface area contributed by atoms with Crippen molar-refractivity contribution in [3.8, 4) is 0 Å². The number of hydrogen-bond donors (Lipinski definition) is 2. The summed E-state index contributed by atoms with van der Waals surface area (Å²) < 4.78 is 32.9. The molecule has 0 atom stereocenters. The van der Waals surface area contributed by atoms with Crippen LogP contribution in [-0.2, 0) is 23.0 Å². The third-order valence-corrected chi connectivity index (χ3v) is 5.40. The number of anilines is 1. The first-order valence-electron chi connectivity index (χ1n) is 8.50. The number of benzene rings is 2. The number of hydrogen-bond acceptors (Lipinski definition) is 4. The first-order valence-corrected chi connectivity index (χ1v) is 9.98. The number of sulfonamides is 1. The lowest BCUT2D eigenvalue weighted by molar-refractivity contribution is 0.0948. The smallest absolute Gasteiger partial charge is 0.261 e. The van der Waals surface area contributed by atoms with E-state index in [1.165, 1.54) is 24.5 Å². The molecule has 0 saturated heterocycles. The van der Waals surface area contributed by atoms with E-state index < -0.39 is 10.0 Å². The number of aryl methyl sites for hydroxylation is 1. The van der Waals surface area contributed by atoms with Crippen molar-refractivity contribution in [2.24, 2.45) is 0 Å². The van der Waals surface area contributed by atoms with Gasteiger partial charge in [-0.25, -0.2) is 8.42 Å². The first kappa shape index (κ1) is 18.7. The molecular weight excluding hydrogens is 364 g/mol. The fourth-order valence-electron chi connectivity index (χ4n) is 2.51. The van der Waals surface area contributed by atoms with E-state index in [4.69, 9.17) is 4.42 Å². The van der Waals surface area contributed by atoms with Gasteiger partial charge in [0.25, 0.3) is 15.9 Å². The second-order valence-corrected chi connectivity index (χ2v) is 7.63. The maximum absolute atomic E-state index is 12.6. The average Bonchev–Trinajstić information content (AvgIpc) is 3.20. The van der Waals surface area contributed by atoms with Gasteiger partial charge in [0, 0.05) is 11.3 Å². The van der Waals surface area contributed by atoms with Gasteiger partial charge in [-0.3, -0.25) is 9.52 Å². The molecule has 0 spiro atoms. The molecule has 1 amide bonds. The molecule has 2 aromatic carbocycles. The highest BCUT2D eigenvalue weighted by Crippen LogP contribution is 2.18. The van der Waals surface area contributed by atoms with Crippen molar-refractivity contribution in [2.45, 2.75) is 24.8 Å². The standard InChI is InChI=1S/C20H20N2O4S/c1-2-15-8-10-17(11-9-15)22-27(24,25)19-7-3-5-16(13-19)20(23)21-14-18-6-4-12-26-18/h3-13,22H,2,14H2,1H3,(H,21,23). The number of carbonyl (C=O) groups is 1. The Hall–Kier alpha value is -3.06. The lowest BCUT2D eigenvalue weighted by Gasteiger charge is -2.10. The lowest BCUT2D eigenvalue weighted by atomic mass is 10.2. The highest BCUT2D eigenvalue weighted by Gasteiger charge is 2.16. The van der Waals surface area contributed by atoms with E-state index in [0.717, 1.165) is 12.0 Å². The average molecular weight is 384 g/mol. The van der Waals surface area contributed by atoms with Gasteiger partial charge in [0.1, 0.15) is 5.76 Å². The quantitative estimate of drug-likeness (QED) is 0.652. The highest BCUT2D eigenvalue weighted by molar-refractivity contribution is 7.92. The Morgan fingerprint density at radius 2 is 1.81 bits per heavy atom. The van der Waals surface area contributed by atoms with E-state index in [2.05, 4.69) is 10.0 Å². The molecule has 140 valence electrons. The number of amides is 1. The van der Waals surface area contributed by atoms with Crippen LogP contribution in [0, 0.1) is 0 Å². The van der Waals surface area contributed by atoms with Crippen LogP contribution >= 0.6 is 0 Å². The summed E-state index contributed by atoms with van der Waals surface area (Å²) in [6.07, 6.45) is 2.40. The molecular formula is C20H20N2O4S. The van der Waals surface area contributed by atoms with Gasteiger partial charge >= 0.3 is 0 Å². The minimum absolute atomic E-state index is 0.0210. The summed E-state index contributed by atoms with van der Waals surface area (Å²) in [5.74, 6) is 0.236. The van der Waals surface area contributed by atoms with Crippen molar-refractivity contribution in [1.29, 1.82) is 0 Å². The number of carbonyl (C=O) groups excluding carboxylic acids is 1. The normalized spacial score (nSPS) is 11.1. The summed E-state index contributed by atoms with van der Waals surface area (Å²) in [5.41, 5.74) is 1.85. The summed E-state index contributed by atoms with van der Waals surface area (Å²) in [6.45, 7) is 2.26. The largest absolute Gasteiger partial charge is 0.467 e. The SMILES string of the molecule is CCc1ccc(NS(=O)(=O)c2cccc(C(=O)NCc3ccco3)c2)cc1. The van der Waals surface area contributed by atoms with Crippen LogP contribution in [0.4, 0.5) is 5.69 Å². The van der Waals surface area contributed by atoms with E-state index in [1.807, 2.05) is 19.1 Å². The third-order valence-electron chi connectivity index (χ3n) is 4.02. The van der Waals surface area contributed by atoms with Crippen LogP contribution in [0.1, 0.15) is 28.6 Å². The minimum Gasteiger partial charge on any atom is -0.467 e. The van der Waals surface area contributed by atoms with Crippen LogP contribution in [0.3, 0.4) is 0 Å². The molecule has 2 N–H and O–H groups in total. The summed E-state index contributed by atoms with van der Waals surface area (Å²) in [6, 6.07) is 16.6. The summed E-state index contributed by atoms with van der Waals surface area (Å²) in [7, 11) is -3.80. The van der Waals surface area contributed by atoms with Crippen molar-refractivity contribution in [3.63, 3.8) is 0 Å². The van der Waals surface area contributed by atoms with E-state index >= 15 is 0 Å². The van der Waals surface area contributed by atoms with Crippen molar-refractivity contribution in [2.75, 3.05) is 4.72 Å². The van der Waals surface area contributed by atoms with Crippen LogP contribution in [0.25, 0.3) is 0 Å². The second kappa shape index (κ2) is 8.09. The Balaban J connectivity index is 1.73. The van der Waals surface area contributed by atoms with Crippen molar-refractivity contribution >= 4 is 21.6 Å². The molecule has 0 aliphatic heterocycles. The van der Waals surface area contributed by atoms with Crippen molar-refractivity contribution in [3.05, 3.63) is 83.8 Å². The van der Waals surface area contributed by atoms with Gasteiger partial charge in [-0.15, -0.1) is 0 Å². The van der Waals surface area contributed by atoms with Gasteiger partial charge in [0.15, 0.2) is 0 Å². The van der Waals surface area contributed by atoms with E-state index in [0.29, 0.717) is 11.4 Å².